The van der Waals surface area contributed by atoms with Gasteiger partial charge in [0.25, 0.3) is 0 Å². The molecule has 138 valence electrons. The summed E-state index contributed by atoms with van der Waals surface area (Å²) in [6.07, 6.45) is 2.46. The van der Waals surface area contributed by atoms with Crippen molar-refractivity contribution in [3.63, 3.8) is 0 Å². The van der Waals surface area contributed by atoms with Crippen LogP contribution in [0.25, 0.3) is 0 Å². The minimum atomic E-state index is -1.01. The SMILES string of the molecule is CC(=N)C(=C(C)N)[C@@]1(C)N=C(N)N(C)C(=O)[C@H]1c1ccc(C2CC2)cc1. The predicted octanol–water partition coefficient (Wildman–Crippen LogP) is 2.47. The molecule has 26 heavy (non-hydrogen) atoms. The van der Waals surface area contributed by atoms with Crippen LogP contribution in [0, 0.1) is 5.41 Å². The second-order valence-electron chi connectivity index (χ2n) is 7.57. The number of carbonyl (C=O) groups is 1. The molecule has 0 unspecified atom stereocenters. The maximum Gasteiger partial charge on any atom is 0.239 e. The van der Waals surface area contributed by atoms with Crippen LogP contribution >= 0.6 is 0 Å². The highest BCUT2D eigenvalue weighted by molar-refractivity contribution is 6.07. The molecule has 0 aromatic heterocycles. The molecule has 0 spiro atoms. The number of nitrogens with zero attached hydrogens (tertiary/aromatic N) is 2. The van der Waals surface area contributed by atoms with Crippen molar-refractivity contribution in [2.24, 2.45) is 16.5 Å². The number of carbonyl (C=O) groups excluding carboxylic acids is 1. The molecular weight excluding hydrogens is 326 g/mol. The van der Waals surface area contributed by atoms with Crippen LogP contribution in [0.4, 0.5) is 0 Å². The maximum absolute atomic E-state index is 13.2. The summed E-state index contributed by atoms with van der Waals surface area (Å²) in [4.78, 5) is 19.2. The highest BCUT2D eigenvalue weighted by Gasteiger charge is 2.49. The van der Waals surface area contributed by atoms with Crippen molar-refractivity contribution in [1.82, 2.24) is 4.90 Å². The van der Waals surface area contributed by atoms with Gasteiger partial charge in [-0.3, -0.25) is 9.69 Å². The minimum absolute atomic E-state index is 0.140. The van der Waals surface area contributed by atoms with Crippen LogP contribution in [-0.2, 0) is 4.79 Å². The van der Waals surface area contributed by atoms with Crippen LogP contribution in [0.5, 0.6) is 0 Å². The van der Waals surface area contributed by atoms with Crippen LogP contribution in [-0.4, -0.2) is 35.1 Å². The summed E-state index contributed by atoms with van der Waals surface area (Å²) in [5, 5.41) is 8.20. The third-order valence-electron chi connectivity index (χ3n) is 5.42. The number of benzene rings is 1. The Bertz CT molecular complexity index is 815. The smallest absolute Gasteiger partial charge is 0.239 e. The van der Waals surface area contributed by atoms with Crippen LogP contribution < -0.4 is 11.5 Å². The molecule has 2 atom stereocenters. The summed E-state index contributed by atoms with van der Waals surface area (Å²) in [5.41, 5.74) is 14.6. The number of amides is 1. The molecule has 1 saturated carbocycles. The van der Waals surface area contributed by atoms with E-state index in [1.807, 2.05) is 19.1 Å². The summed E-state index contributed by atoms with van der Waals surface area (Å²) in [5.74, 6) is 0.0729. The monoisotopic (exact) mass is 353 g/mol. The van der Waals surface area contributed by atoms with Gasteiger partial charge in [-0.2, -0.15) is 0 Å². The number of nitrogens with two attached hydrogens (primary N) is 2. The number of guanidine groups is 1. The molecule has 1 aliphatic carbocycles. The third-order valence-corrected chi connectivity index (χ3v) is 5.42. The molecular formula is C20H27N5O. The third kappa shape index (κ3) is 2.89. The Labute approximate surface area is 154 Å². The normalized spacial score (nSPS) is 27.1. The molecule has 1 heterocycles. The number of hydrogen-bond donors (Lipinski definition) is 3. The molecule has 2 aliphatic rings. The van der Waals surface area contributed by atoms with Gasteiger partial charge in [0.1, 0.15) is 5.54 Å². The van der Waals surface area contributed by atoms with E-state index in [0.717, 1.165) is 5.56 Å². The summed E-state index contributed by atoms with van der Waals surface area (Å²) in [7, 11) is 1.63. The van der Waals surface area contributed by atoms with Crippen LogP contribution in [0.3, 0.4) is 0 Å². The van der Waals surface area contributed by atoms with Crippen molar-refractivity contribution in [2.75, 3.05) is 7.05 Å². The first-order valence-corrected chi connectivity index (χ1v) is 8.92. The fraction of sp³-hybridized carbons (Fsp3) is 0.450. The summed E-state index contributed by atoms with van der Waals surface area (Å²) in [6, 6.07) is 8.20. The van der Waals surface area contributed by atoms with E-state index < -0.39 is 11.5 Å². The van der Waals surface area contributed by atoms with E-state index in [1.54, 1.807) is 20.9 Å². The number of allylic oxidation sites excluding steroid dienone is 1. The van der Waals surface area contributed by atoms with E-state index in [2.05, 4.69) is 17.1 Å². The van der Waals surface area contributed by atoms with Crippen molar-refractivity contribution in [3.8, 4) is 0 Å². The van der Waals surface area contributed by atoms with Gasteiger partial charge in [0.15, 0.2) is 5.96 Å². The van der Waals surface area contributed by atoms with Gasteiger partial charge in [-0.1, -0.05) is 24.3 Å². The van der Waals surface area contributed by atoms with Crippen molar-refractivity contribution in [1.29, 1.82) is 5.41 Å². The Hall–Kier alpha value is -2.63. The largest absolute Gasteiger partial charge is 0.402 e. The Morgan fingerprint density at radius 2 is 1.77 bits per heavy atom. The molecule has 6 heteroatoms. The standard InChI is InChI=1S/C20H27N5O/c1-11(21)16(12(2)22)20(3)17(18(26)25(4)19(23)24-20)15-9-7-14(8-10-15)13-5-6-13/h7-10,13,17,21H,5-6,22H2,1-4H3,(H2,23,24)/t17-,20-/m1/s1. The zero-order valence-electron chi connectivity index (χ0n) is 15.8. The van der Waals surface area contributed by atoms with Gasteiger partial charge in [-0.25, -0.2) is 4.99 Å². The second-order valence-corrected chi connectivity index (χ2v) is 7.57. The number of rotatable bonds is 4. The fourth-order valence-corrected chi connectivity index (χ4v) is 4.04. The van der Waals surface area contributed by atoms with Crippen molar-refractivity contribution < 1.29 is 4.79 Å². The number of hydrogen-bond acceptors (Lipinski definition) is 5. The lowest BCUT2D eigenvalue weighted by Gasteiger charge is -2.42. The van der Waals surface area contributed by atoms with E-state index in [0.29, 0.717) is 22.9 Å². The van der Waals surface area contributed by atoms with Gasteiger partial charge in [-0.15, -0.1) is 0 Å². The molecule has 0 bridgehead atoms. The Kier molecular flexibility index (Phi) is 4.38. The van der Waals surface area contributed by atoms with Gasteiger partial charge in [-0.05, 0) is 50.7 Å². The summed E-state index contributed by atoms with van der Waals surface area (Å²) >= 11 is 0. The van der Waals surface area contributed by atoms with Gasteiger partial charge in [0, 0.05) is 24.0 Å². The molecule has 3 rings (SSSR count). The van der Waals surface area contributed by atoms with E-state index in [1.165, 1.54) is 23.3 Å². The molecule has 6 nitrogen and oxygen atoms in total. The highest BCUT2D eigenvalue weighted by Crippen LogP contribution is 2.44. The van der Waals surface area contributed by atoms with Gasteiger partial charge >= 0.3 is 0 Å². The van der Waals surface area contributed by atoms with Crippen molar-refractivity contribution in [3.05, 3.63) is 46.7 Å². The summed E-state index contributed by atoms with van der Waals surface area (Å²) < 4.78 is 0. The summed E-state index contributed by atoms with van der Waals surface area (Å²) in [6.45, 7) is 5.24. The first-order valence-electron chi connectivity index (χ1n) is 8.92. The minimum Gasteiger partial charge on any atom is -0.402 e. The lowest BCUT2D eigenvalue weighted by Crippen LogP contribution is -2.55. The Balaban J connectivity index is 2.16. The Morgan fingerprint density at radius 3 is 2.23 bits per heavy atom. The zero-order valence-corrected chi connectivity index (χ0v) is 15.8. The lowest BCUT2D eigenvalue weighted by molar-refractivity contribution is -0.130. The average Bonchev–Trinajstić information content (AvgIpc) is 3.37. The lowest BCUT2D eigenvalue weighted by atomic mass is 9.72. The maximum atomic E-state index is 13.2. The van der Waals surface area contributed by atoms with Crippen LogP contribution in [0.1, 0.15) is 56.6 Å². The predicted molar refractivity (Wildman–Crippen MR) is 104 cm³/mol. The number of likely N-dealkylation sites (N-methyl/N-ethyl adjacent to an activating group) is 1. The molecule has 1 amide bonds. The molecule has 1 fully saturated rings. The highest BCUT2D eigenvalue weighted by atomic mass is 16.2. The fourth-order valence-electron chi connectivity index (χ4n) is 4.04. The van der Waals surface area contributed by atoms with Gasteiger partial charge < -0.3 is 16.9 Å². The molecule has 1 aromatic rings. The molecule has 1 aliphatic heterocycles. The Morgan fingerprint density at radius 1 is 1.23 bits per heavy atom. The number of aliphatic imine (C=N–C) groups is 1. The van der Waals surface area contributed by atoms with E-state index in [4.69, 9.17) is 16.9 Å². The first kappa shape index (κ1) is 18.2. The first-order chi connectivity index (χ1) is 12.2. The van der Waals surface area contributed by atoms with Crippen molar-refractivity contribution in [2.45, 2.75) is 51.0 Å². The quantitative estimate of drug-likeness (QED) is 0.723. The van der Waals surface area contributed by atoms with Gasteiger partial charge in [0.05, 0.1) is 5.92 Å². The van der Waals surface area contributed by atoms with Crippen LogP contribution in [0.2, 0.25) is 0 Å². The topological polar surface area (TPSA) is 109 Å². The van der Waals surface area contributed by atoms with Crippen molar-refractivity contribution >= 4 is 17.6 Å². The second kappa shape index (κ2) is 6.27. The average molecular weight is 353 g/mol. The van der Waals surface area contributed by atoms with E-state index in [9.17, 15) is 4.79 Å². The molecule has 5 N–H and O–H groups in total. The molecule has 1 aromatic carbocycles. The van der Waals surface area contributed by atoms with Gasteiger partial charge in [0.2, 0.25) is 5.91 Å². The molecule has 0 radical (unpaired) electrons. The van der Waals surface area contributed by atoms with E-state index >= 15 is 0 Å². The molecule has 0 saturated heterocycles. The van der Waals surface area contributed by atoms with E-state index in [-0.39, 0.29) is 11.9 Å². The van der Waals surface area contributed by atoms with Crippen LogP contribution in [0.15, 0.2) is 40.5 Å². The zero-order chi connectivity index (χ0) is 19.2. The number of nitrogens with one attached hydrogen (secondary N) is 1.